The Hall–Kier alpha value is -1.13. The Morgan fingerprint density at radius 3 is 3.12 bits per heavy atom. The summed E-state index contributed by atoms with van der Waals surface area (Å²) in [5, 5.41) is 6.58. The number of amides is 1. The lowest BCUT2D eigenvalue weighted by molar-refractivity contribution is -0.120. The van der Waals surface area contributed by atoms with Crippen LogP contribution in [0.15, 0.2) is 12.3 Å². The highest BCUT2D eigenvalue weighted by Crippen LogP contribution is 2.18. The molecule has 1 saturated heterocycles. The van der Waals surface area contributed by atoms with E-state index in [0.717, 1.165) is 31.5 Å². The molecule has 1 fully saturated rings. The van der Waals surface area contributed by atoms with Gasteiger partial charge in [-0.25, -0.2) is 4.98 Å². The standard InChI is InChI=1S/C12H16ClN3O/c1-8-5-10(7-15-11(8)13)16-12(17)9-3-2-4-14-6-9/h5,7,9,14H,2-4,6H2,1H3,(H,16,17). The molecule has 0 radical (unpaired) electrons. The van der Waals surface area contributed by atoms with E-state index < -0.39 is 0 Å². The maximum absolute atomic E-state index is 12.0. The van der Waals surface area contributed by atoms with Crippen LogP contribution >= 0.6 is 11.6 Å². The number of hydrogen-bond acceptors (Lipinski definition) is 3. The maximum Gasteiger partial charge on any atom is 0.228 e. The number of nitrogens with zero attached hydrogens (tertiary/aromatic N) is 1. The lowest BCUT2D eigenvalue weighted by Crippen LogP contribution is -2.37. The Morgan fingerprint density at radius 1 is 1.65 bits per heavy atom. The normalized spacial score (nSPS) is 20.0. The molecule has 0 aliphatic carbocycles. The van der Waals surface area contributed by atoms with Gasteiger partial charge in [-0.2, -0.15) is 0 Å². The molecule has 5 heteroatoms. The number of hydrogen-bond donors (Lipinski definition) is 2. The first-order chi connectivity index (χ1) is 8.16. The predicted octanol–water partition coefficient (Wildman–Crippen LogP) is 1.98. The summed E-state index contributed by atoms with van der Waals surface area (Å²) in [6.07, 6.45) is 3.58. The molecule has 1 atom stereocenters. The van der Waals surface area contributed by atoms with Crippen LogP contribution in [0.4, 0.5) is 5.69 Å². The van der Waals surface area contributed by atoms with Crippen molar-refractivity contribution >= 4 is 23.2 Å². The zero-order chi connectivity index (χ0) is 12.3. The molecule has 1 amide bonds. The number of aryl methyl sites for hydroxylation is 1. The summed E-state index contributed by atoms with van der Waals surface area (Å²) in [5.74, 6) is 0.112. The average Bonchev–Trinajstić information content (AvgIpc) is 2.35. The smallest absolute Gasteiger partial charge is 0.228 e. The molecule has 17 heavy (non-hydrogen) atoms. The maximum atomic E-state index is 12.0. The Kier molecular flexibility index (Phi) is 3.97. The summed E-state index contributed by atoms with van der Waals surface area (Å²) in [5.41, 5.74) is 1.58. The zero-order valence-corrected chi connectivity index (χ0v) is 10.5. The summed E-state index contributed by atoms with van der Waals surface area (Å²) < 4.78 is 0. The molecule has 1 aromatic heterocycles. The highest BCUT2D eigenvalue weighted by molar-refractivity contribution is 6.30. The van der Waals surface area contributed by atoms with Crippen molar-refractivity contribution in [3.8, 4) is 0 Å². The van der Waals surface area contributed by atoms with Crippen LogP contribution in [0.1, 0.15) is 18.4 Å². The minimum atomic E-state index is 0.0553. The summed E-state index contributed by atoms with van der Waals surface area (Å²) in [6.45, 7) is 3.63. The molecule has 4 nitrogen and oxygen atoms in total. The van der Waals surface area contributed by atoms with Crippen molar-refractivity contribution in [3.05, 3.63) is 23.0 Å². The molecule has 92 valence electrons. The van der Waals surface area contributed by atoms with Gasteiger partial charge in [0.2, 0.25) is 5.91 Å². The molecule has 1 aromatic rings. The van der Waals surface area contributed by atoms with Gasteiger partial charge in [-0.1, -0.05) is 11.6 Å². The van der Waals surface area contributed by atoms with E-state index in [0.29, 0.717) is 10.8 Å². The predicted molar refractivity (Wildman–Crippen MR) is 68.2 cm³/mol. The van der Waals surface area contributed by atoms with E-state index in [1.807, 2.05) is 13.0 Å². The third-order valence-corrected chi connectivity index (χ3v) is 3.35. The SMILES string of the molecule is Cc1cc(NC(=O)C2CCCNC2)cnc1Cl. The van der Waals surface area contributed by atoms with E-state index in [9.17, 15) is 4.79 Å². The Balaban J connectivity index is 1.99. The van der Waals surface area contributed by atoms with Gasteiger partial charge in [-0.3, -0.25) is 4.79 Å². The molecule has 2 N–H and O–H groups in total. The topological polar surface area (TPSA) is 54.0 Å². The van der Waals surface area contributed by atoms with Crippen molar-refractivity contribution in [2.75, 3.05) is 18.4 Å². The lowest BCUT2D eigenvalue weighted by atomic mass is 9.99. The van der Waals surface area contributed by atoms with Crippen LogP contribution in [0.3, 0.4) is 0 Å². The zero-order valence-electron chi connectivity index (χ0n) is 9.79. The fourth-order valence-corrected chi connectivity index (χ4v) is 2.05. The van der Waals surface area contributed by atoms with Crippen LogP contribution in [0, 0.1) is 12.8 Å². The van der Waals surface area contributed by atoms with Crippen molar-refractivity contribution < 1.29 is 4.79 Å². The van der Waals surface area contributed by atoms with Crippen molar-refractivity contribution in [3.63, 3.8) is 0 Å². The second-order valence-corrected chi connectivity index (χ2v) is 4.72. The monoisotopic (exact) mass is 253 g/mol. The summed E-state index contributed by atoms with van der Waals surface area (Å²) >= 11 is 5.83. The molecular weight excluding hydrogens is 238 g/mol. The van der Waals surface area contributed by atoms with E-state index in [2.05, 4.69) is 15.6 Å². The summed E-state index contributed by atoms with van der Waals surface area (Å²) in [4.78, 5) is 16.0. The quantitative estimate of drug-likeness (QED) is 0.793. The fraction of sp³-hybridized carbons (Fsp3) is 0.500. The minimum absolute atomic E-state index is 0.0553. The fourth-order valence-electron chi connectivity index (χ4n) is 1.95. The first-order valence-electron chi connectivity index (χ1n) is 5.80. The van der Waals surface area contributed by atoms with Gasteiger partial charge in [-0.05, 0) is 37.9 Å². The molecule has 1 aliphatic heterocycles. The molecule has 0 spiro atoms. The van der Waals surface area contributed by atoms with Crippen molar-refractivity contribution in [1.29, 1.82) is 0 Å². The Bertz CT molecular complexity index is 416. The number of carbonyl (C=O) groups excluding carboxylic acids is 1. The van der Waals surface area contributed by atoms with Crippen LogP contribution in [0.5, 0.6) is 0 Å². The van der Waals surface area contributed by atoms with Crippen LogP contribution in [0.2, 0.25) is 5.15 Å². The van der Waals surface area contributed by atoms with E-state index in [-0.39, 0.29) is 11.8 Å². The van der Waals surface area contributed by atoms with Crippen LogP contribution in [0.25, 0.3) is 0 Å². The van der Waals surface area contributed by atoms with Crippen LogP contribution < -0.4 is 10.6 Å². The molecule has 0 aromatic carbocycles. The number of nitrogens with one attached hydrogen (secondary N) is 2. The number of carbonyl (C=O) groups is 1. The third kappa shape index (κ3) is 3.17. The highest BCUT2D eigenvalue weighted by atomic mass is 35.5. The van der Waals surface area contributed by atoms with Gasteiger partial charge in [0.25, 0.3) is 0 Å². The molecule has 0 saturated carbocycles. The first kappa shape index (κ1) is 12.3. The number of aromatic nitrogens is 1. The number of piperidine rings is 1. The molecule has 0 bridgehead atoms. The Labute approximate surface area is 106 Å². The van der Waals surface area contributed by atoms with Crippen LogP contribution in [-0.4, -0.2) is 24.0 Å². The summed E-state index contributed by atoms with van der Waals surface area (Å²) in [7, 11) is 0. The van der Waals surface area contributed by atoms with Gasteiger partial charge >= 0.3 is 0 Å². The van der Waals surface area contributed by atoms with Gasteiger partial charge in [0, 0.05) is 6.54 Å². The molecule has 2 rings (SSSR count). The second kappa shape index (κ2) is 5.47. The van der Waals surface area contributed by atoms with Crippen molar-refractivity contribution in [1.82, 2.24) is 10.3 Å². The van der Waals surface area contributed by atoms with Gasteiger partial charge in [-0.15, -0.1) is 0 Å². The number of anilines is 1. The summed E-state index contributed by atoms with van der Waals surface area (Å²) in [6, 6.07) is 1.84. The van der Waals surface area contributed by atoms with E-state index in [1.165, 1.54) is 0 Å². The van der Waals surface area contributed by atoms with Gasteiger partial charge in [0.1, 0.15) is 5.15 Å². The first-order valence-corrected chi connectivity index (χ1v) is 6.18. The molecule has 2 heterocycles. The molecule has 1 aliphatic rings. The highest BCUT2D eigenvalue weighted by Gasteiger charge is 2.20. The third-order valence-electron chi connectivity index (χ3n) is 2.95. The van der Waals surface area contributed by atoms with E-state index in [1.54, 1.807) is 6.20 Å². The van der Waals surface area contributed by atoms with Crippen molar-refractivity contribution in [2.24, 2.45) is 5.92 Å². The minimum Gasteiger partial charge on any atom is -0.324 e. The van der Waals surface area contributed by atoms with Gasteiger partial charge in [0.05, 0.1) is 17.8 Å². The average molecular weight is 254 g/mol. The van der Waals surface area contributed by atoms with Crippen LogP contribution in [-0.2, 0) is 4.79 Å². The van der Waals surface area contributed by atoms with Crippen molar-refractivity contribution in [2.45, 2.75) is 19.8 Å². The number of pyridine rings is 1. The molecular formula is C12H16ClN3O. The van der Waals surface area contributed by atoms with E-state index >= 15 is 0 Å². The molecule has 1 unspecified atom stereocenters. The van der Waals surface area contributed by atoms with Gasteiger partial charge < -0.3 is 10.6 Å². The second-order valence-electron chi connectivity index (χ2n) is 4.36. The van der Waals surface area contributed by atoms with Gasteiger partial charge in [0.15, 0.2) is 0 Å². The number of rotatable bonds is 2. The van der Waals surface area contributed by atoms with E-state index in [4.69, 9.17) is 11.6 Å². The number of halogens is 1. The Morgan fingerprint density at radius 2 is 2.47 bits per heavy atom. The lowest BCUT2D eigenvalue weighted by Gasteiger charge is -2.21. The largest absolute Gasteiger partial charge is 0.324 e.